The van der Waals surface area contributed by atoms with Gasteiger partial charge in [-0.15, -0.1) is 0 Å². The van der Waals surface area contributed by atoms with Gasteiger partial charge in [0.25, 0.3) is 5.91 Å². The second-order valence-electron chi connectivity index (χ2n) is 6.07. The largest absolute Gasteiger partial charge is 0.484 e. The number of halogens is 1. The number of likely N-dealkylation sites (tertiary alicyclic amines) is 1. The third kappa shape index (κ3) is 6.25. The number of aliphatic hydroxyl groups excluding tert-OH is 1. The third-order valence-electron chi connectivity index (χ3n) is 4.22. The molecule has 27 heavy (non-hydrogen) atoms. The van der Waals surface area contributed by atoms with Gasteiger partial charge < -0.3 is 20.1 Å². The highest BCUT2D eigenvalue weighted by atomic mass is 19.1. The summed E-state index contributed by atoms with van der Waals surface area (Å²) in [6.07, 6.45) is 0.842. The SMILES string of the molecule is CC.O=C(COc1ccc(CO)cc1)N1CCC(Nc2ccc(F)cc2)C1. The third-order valence-corrected chi connectivity index (χ3v) is 4.22. The van der Waals surface area contributed by atoms with Crippen molar-refractivity contribution in [2.75, 3.05) is 25.0 Å². The Hall–Kier alpha value is -2.60. The van der Waals surface area contributed by atoms with Gasteiger partial charge in [0.2, 0.25) is 0 Å². The van der Waals surface area contributed by atoms with E-state index in [9.17, 15) is 9.18 Å². The summed E-state index contributed by atoms with van der Waals surface area (Å²) >= 11 is 0. The molecule has 0 spiro atoms. The summed E-state index contributed by atoms with van der Waals surface area (Å²) in [6, 6.07) is 13.4. The topological polar surface area (TPSA) is 61.8 Å². The fourth-order valence-corrected chi connectivity index (χ4v) is 2.81. The Balaban J connectivity index is 0.00000126. The maximum absolute atomic E-state index is 12.9. The summed E-state index contributed by atoms with van der Waals surface area (Å²) in [6.45, 7) is 5.24. The Labute approximate surface area is 159 Å². The van der Waals surface area contributed by atoms with Crippen LogP contribution in [-0.2, 0) is 11.4 Å². The smallest absolute Gasteiger partial charge is 0.260 e. The summed E-state index contributed by atoms with van der Waals surface area (Å²) in [5, 5.41) is 12.3. The number of aliphatic hydroxyl groups is 1. The van der Waals surface area contributed by atoms with Gasteiger partial charge in [0.1, 0.15) is 11.6 Å². The lowest BCUT2D eigenvalue weighted by Gasteiger charge is -2.18. The number of amides is 1. The van der Waals surface area contributed by atoms with Crippen molar-refractivity contribution in [2.24, 2.45) is 0 Å². The van der Waals surface area contributed by atoms with E-state index in [1.54, 1.807) is 41.3 Å². The van der Waals surface area contributed by atoms with Gasteiger partial charge in [-0.2, -0.15) is 0 Å². The minimum atomic E-state index is -0.266. The van der Waals surface area contributed by atoms with Crippen LogP contribution in [0.2, 0.25) is 0 Å². The average molecular weight is 374 g/mol. The van der Waals surface area contributed by atoms with Crippen molar-refractivity contribution < 1.29 is 19.0 Å². The van der Waals surface area contributed by atoms with Gasteiger partial charge in [0.05, 0.1) is 6.61 Å². The molecule has 3 rings (SSSR count). The van der Waals surface area contributed by atoms with Gasteiger partial charge in [-0.05, 0) is 48.4 Å². The summed E-state index contributed by atoms with van der Waals surface area (Å²) in [5.74, 6) is 0.276. The zero-order chi connectivity index (χ0) is 19.6. The van der Waals surface area contributed by atoms with Crippen LogP contribution in [0.5, 0.6) is 5.75 Å². The number of carbonyl (C=O) groups is 1. The molecule has 2 aromatic carbocycles. The van der Waals surface area contributed by atoms with Gasteiger partial charge in [0.15, 0.2) is 6.61 Å². The summed E-state index contributed by atoms with van der Waals surface area (Å²) < 4.78 is 18.4. The molecule has 0 radical (unpaired) electrons. The summed E-state index contributed by atoms with van der Waals surface area (Å²) in [4.78, 5) is 14.0. The molecular formula is C21H27FN2O3. The molecule has 0 saturated carbocycles. The van der Waals surface area contributed by atoms with E-state index in [0.717, 1.165) is 17.7 Å². The molecular weight excluding hydrogens is 347 g/mol. The molecule has 1 aliphatic heterocycles. The first-order chi connectivity index (χ1) is 13.1. The predicted octanol–water partition coefficient (Wildman–Crippen LogP) is 3.44. The number of carbonyl (C=O) groups excluding carboxylic acids is 1. The number of nitrogens with one attached hydrogen (secondary N) is 1. The van der Waals surface area contributed by atoms with Crippen LogP contribution in [0.3, 0.4) is 0 Å². The van der Waals surface area contributed by atoms with Crippen LogP contribution >= 0.6 is 0 Å². The van der Waals surface area contributed by atoms with E-state index in [2.05, 4.69) is 5.32 Å². The van der Waals surface area contributed by atoms with Crippen LogP contribution in [0.25, 0.3) is 0 Å². The molecule has 1 fully saturated rings. The van der Waals surface area contributed by atoms with Crippen molar-refractivity contribution in [1.82, 2.24) is 4.90 Å². The average Bonchev–Trinajstić information content (AvgIpc) is 3.18. The first-order valence-corrected chi connectivity index (χ1v) is 9.26. The van der Waals surface area contributed by atoms with Crippen molar-refractivity contribution in [3.63, 3.8) is 0 Å². The predicted molar refractivity (Wildman–Crippen MR) is 104 cm³/mol. The Bertz CT molecular complexity index is 704. The highest BCUT2D eigenvalue weighted by molar-refractivity contribution is 5.78. The molecule has 0 aromatic heterocycles. The maximum atomic E-state index is 12.9. The molecule has 1 aliphatic rings. The van der Waals surface area contributed by atoms with Crippen LogP contribution in [0.1, 0.15) is 25.8 Å². The number of ether oxygens (including phenoxy) is 1. The molecule has 1 unspecified atom stereocenters. The molecule has 2 aromatic rings. The Kier molecular flexibility index (Phi) is 8.07. The Morgan fingerprint density at radius 2 is 1.85 bits per heavy atom. The zero-order valence-corrected chi connectivity index (χ0v) is 15.8. The standard InChI is InChI=1S/C19H21FN2O3.C2H6/c20-15-3-5-16(6-4-15)21-17-9-10-22(11-17)19(24)13-25-18-7-1-14(12-23)2-8-18;1-2/h1-8,17,21,23H,9-13H2;1-2H3. The highest BCUT2D eigenvalue weighted by Crippen LogP contribution is 2.17. The minimum absolute atomic E-state index is 0.0122. The van der Waals surface area contributed by atoms with E-state index in [1.807, 2.05) is 13.8 Å². The number of benzene rings is 2. The van der Waals surface area contributed by atoms with Crippen molar-refractivity contribution in [1.29, 1.82) is 0 Å². The lowest BCUT2D eigenvalue weighted by atomic mass is 10.2. The molecule has 5 nitrogen and oxygen atoms in total. The molecule has 1 amide bonds. The van der Waals surface area contributed by atoms with E-state index in [4.69, 9.17) is 9.84 Å². The van der Waals surface area contributed by atoms with Gasteiger partial charge in [-0.3, -0.25) is 4.79 Å². The lowest BCUT2D eigenvalue weighted by molar-refractivity contribution is -0.132. The highest BCUT2D eigenvalue weighted by Gasteiger charge is 2.26. The van der Waals surface area contributed by atoms with Crippen LogP contribution in [0.4, 0.5) is 10.1 Å². The van der Waals surface area contributed by atoms with E-state index >= 15 is 0 Å². The summed E-state index contributed by atoms with van der Waals surface area (Å²) in [5.41, 5.74) is 1.65. The monoisotopic (exact) mass is 374 g/mol. The van der Waals surface area contributed by atoms with Crippen molar-refractivity contribution in [3.8, 4) is 5.75 Å². The molecule has 1 atom stereocenters. The van der Waals surface area contributed by atoms with E-state index in [0.29, 0.717) is 18.8 Å². The maximum Gasteiger partial charge on any atom is 0.260 e. The van der Waals surface area contributed by atoms with Gasteiger partial charge >= 0.3 is 0 Å². The van der Waals surface area contributed by atoms with Crippen molar-refractivity contribution >= 4 is 11.6 Å². The Morgan fingerprint density at radius 1 is 1.19 bits per heavy atom. The van der Waals surface area contributed by atoms with Crippen molar-refractivity contribution in [3.05, 3.63) is 59.9 Å². The first-order valence-electron chi connectivity index (χ1n) is 9.26. The summed E-state index contributed by atoms with van der Waals surface area (Å²) in [7, 11) is 0. The van der Waals surface area contributed by atoms with Gasteiger partial charge in [-0.1, -0.05) is 26.0 Å². The van der Waals surface area contributed by atoms with Gasteiger partial charge in [-0.25, -0.2) is 4.39 Å². The second kappa shape index (κ2) is 10.5. The van der Waals surface area contributed by atoms with Crippen LogP contribution in [0.15, 0.2) is 48.5 Å². The van der Waals surface area contributed by atoms with Crippen LogP contribution in [-0.4, -0.2) is 41.7 Å². The molecule has 0 bridgehead atoms. The number of rotatable bonds is 6. The second-order valence-corrected chi connectivity index (χ2v) is 6.07. The quantitative estimate of drug-likeness (QED) is 0.813. The molecule has 1 heterocycles. The molecule has 0 aliphatic carbocycles. The fourth-order valence-electron chi connectivity index (χ4n) is 2.81. The number of hydrogen-bond acceptors (Lipinski definition) is 4. The van der Waals surface area contributed by atoms with E-state index < -0.39 is 0 Å². The van der Waals surface area contributed by atoms with Crippen molar-refractivity contribution in [2.45, 2.75) is 32.9 Å². The fraction of sp³-hybridized carbons (Fsp3) is 0.381. The zero-order valence-electron chi connectivity index (χ0n) is 15.8. The minimum Gasteiger partial charge on any atom is -0.484 e. The van der Waals surface area contributed by atoms with Crippen LogP contribution < -0.4 is 10.1 Å². The van der Waals surface area contributed by atoms with Crippen LogP contribution in [0, 0.1) is 5.82 Å². The first kappa shape index (κ1) is 20.7. The Morgan fingerprint density at radius 3 is 2.48 bits per heavy atom. The normalized spacial score (nSPS) is 15.7. The molecule has 6 heteroatoms. The van der Waals surface area contributed by atoms with Gasteiger partial charge in [0, 0.05) is 24.8 Å². The lowest BCUT2D eigenvalue weighted by Crippen LogP contribution is -2.34. The van der Waals surface area contributed by atoms with E-state index in [-0.39, 0.29) is 31.0 Å². The number of nitrogens with zero attached hydrogens (tertiary/aromatic N) is 1. The molecule has 2 N–H and O–H groups in total. The molecule has 146 valence electrons. The van der Waals surface area contributed by atoms with E-state index in [1.165, 1.54) is 12.1 Å². The number of hydrogen-bond donors (Lipinski definition) is 2. The molecule has 1 saturated heterocycles. The number of anilines is 1.